The van der Waals surface area contributed by atoms with E-state index in [4.69, 9.17) is 0 Å². The molecule has 1 aromatic rings. The predicted molar refractivity (Wildman–Crippen MR) is 83.4 cm³/mol. The van der Waals surface area contributed by atoms with Crippen molar-refractivity contribution in [1.29, 1.82) is 0 Å². The van der Waals surface area contributed by atoms with Gasteiger partial charge >= 0.3 is 0 Å². The molecule has 0 aromatic heterocycles. The van der Waals surface area contributed by atoms with Crippen molar-refractivity contribution in [2.45, 2.75) is 64.8 Å². The summed E-state index contributed by atoms with van der Waals surface area (Å²) in [6.45, 7) is 6.69. The molecule has 1 aliphatic rings. The van der Waals surface area contributed by atoms with E-state index in [1.165, 1.54) is 56.2 Å². The Labute approximate surface area is 118 Å². The van der Waals surface area contributed by atoms with Gasteiger partial charge in [-0.25, -0.2) is 0 Å². The average Bonchev–Trinajstić information content (AvgIpc) is 2.45. The van der Waals surface area contributed by atoms with Crippen LogP contribution in [0.4, 0.5) is 0 Å². The van der Waals surface area contributed by atoms with Gasteiger partial charge in [0.25, 0.3) is 0 Å². The molecule has 1 aromatic carbocycles. The van der Waals surface area contributed by atoms with E-state index in [1.807, 2.05) is 0 Å². The Morgan fingerprint density at radius 3 is 2.37 bits per heavy atom. The van der Waals surface area contributed by atoms with E-state index in [0.29, 0.717) is 5.92 Å². The van der Waals surface area contributed by atoms with Crippen LogP contribution in [0.3, 0.4) is 0 Å². The molecule has 0 unspecified atom stereocenters. The molecule has 106 valence electrons. The normalized spacial score (nSPS) is 17.0. The molecule has 0 amide bonds. The molecule has 1 N–H and O–H groups in total. The number of rotatable bonds is 6. The number of hydrogen-bond acceptors (Lipinski definition) is 1. The molecule has 0 radical (unpaired) electrons. The minimum absolute atomic E-state index is 0.633. The van der Waals surface area contributed by atoms with Crippen molar-refractivity contribution in [3.05, 3.63) is 35.4 Å². The second-order valence-electron chi connectivity index (χ2n) is 6.37. The Hall–Kier alpha value is -0.820. The molecule has 0 heterocycles. The van der Waals surface area contributed by atoms with E-state index in [1.54, 1.807) is 0 Å². The monoisotopic (exact) mass is 259 g/mol. The molecule has 1 heteroatoms. The molecule has 0 spiro atoms. The Balaban J connectivity index is 1.64. The molecule has 0 bridgehead atoms. The van der Waals surface area contributed by atoms with Crippen molar-refractivity contribution in [1.82, 2.24) is 5.32 Å². The van der Waals surface area contributed by atoms with Gasteiger partial charge in [0.05, 0.1) is 0 Å². The first-order valence-electron chi connectivity index (χ1n) is 8.05. The molecule has 1 fully saturated rings. The van der Waals surface area contributed by atoms with Crippen LogP contribution >= 0.6 is 0 Å². The molecule has 2 rings (SSSR count). The summed E-state index contributed by atoms with van der Waals surface area (Å²) in [5.41, 5.74) is 2.85. The molecular formula is C18H29N. The standard InChI is InChI=1S/C18H29N/c1-15(2)18-10-8-17(9-11-18)14-19-13-12-16-6-4-3-5-7-16/h8-11,15-16,19H,3-7,12-14H2,1-2H3. The van der Waals surface area contributed by atoms with Crippen LogP contribution in [-0.4, -0.2) is 6.54 Å². The Morgan fingerprint density at radius 2 is 1.74 bits per heavy atom. The number of nitrogens with one attached hydrogen (secondary N) is 1. The van der Waals surface area contributed by atoms with Gasteiger partial charge in [-0.05, 0) is 35.9 Å². The minimum Gasteiger partial charge on any atom is -0.313 e. The maximum absolute atomic E-state index is 3.60. The van der Waals surface area contributed by atoms with E-state index in [0.717, 1.165) is 12.5 Å². The van der Waals surface area contributed by atoms with Gasteiger partial charge in [-0.3, -0.25) is 0 Å². The lowest BCUT2D eigenvalue weighted by molar-refractivity contribution is 0.334. The topological polar surface area (TPSA) is 12.0 Å². The third-order valence-corrected chi connectivity index (χ3v) is 4.43. The van der Waals surface area contributed by atoms with Crippen LogP contribution in [-0.2, 0) is 6.54 Å². The molecule has 1 aliphatic carbocycles. The van der Waals surface area contributed by atoms with Gasteiger partial charge in [0.15, 0.2) is 0 Å². The lowest BCUT2D eigenvalue weighted by Gasteiger charge is -2.21. The van der Waals surface area contributed by atoms with Gasteiger partial charge < -0.3 is 5.32 Å². The average molecular weight is 259 g/mol. The summed E-state index contributed by atoms with van der Waals surface area (Å²) >= 11 is 0. The second-order valence-corrected chi connectivity index (χ2v) is 6.37. The number of benzene rings is 1. The van der Waals surface area contributed by atoms with E-state index in [2.05, 4.69) is 43.4 Å². The maximum atomic E-state index is 3.60. The van der Waals surface area contributed by atoms with E-state index < -0.39 is 0 Å². The zero-order valence-corrected chi connectivity index (χ0v) is 12.6. The highest BCUT2D eigenvalue weighted by Gasteiger charge is 2.12. The molecule has 1 nitrogen and oxygen atoms in total. The van der Waals surface area contributed by atoms with Crippen molar-refractivity contribution >= 4 is 0 Å². The lowest BCUT2D eigenvalue weighted by Crippen LogP contribution is -2.19. The van der Waals surface area contributed by atoms with Crippen LogP contribution in [0.5, 0.6) is 0 Å². The summed E-state index contributed by atoms with van der Waals surface area (Å²) < 4.78 is 0. The third-order valence-electron chi connectivity index (χ3n) is 4.43. The fourth-order valence-corrected chi connectivity index (χ4v) is 3.04. The molecule has 1 saturated carbocycles. The molecular weight excluding hydrogens is 230 g/mol. The van der Waals surface area contributed by atoms with Crippen LogP contribution in [0.25, 0.3) is 0 Å². The predicted octanol–water partition coefficient (Wildman–Crippen LogP) is 4.87. The van der Waals surface area contributed by atoms with Crippen LogP contribution in [0, 0.1) is 5.92 Å². The Bertz CT molecular complexity index is 346. The van der Waals surface area contributed by atoms with Gasteiger partial charge in [0.2, 0.25) is 0 Å². The van der Waals surface area contributed by atoms with Crippen molar-refractivity contribution in [3.63, 3.8) is 0 Å². The highest BCUT2D eigenvalue weighted by atomic mass is 14.8. The highest BCUT2D eigenvalue weighted by Crippen LogP contribution is 2.25. The first-order valence-corrected chi connectivity index (χ1v) is 8.05. The van der Waals surface area contributed by atoms with Crippen LogP contribution in [0.15, 0.2) is 24.3 Å². The first kappa shape index (κ1) is 14.6. The van der Waals surface area contributed by atoms with E-state index in [9.17, 15) is 0 Å². The maximum Gasteiger partial charge on any atom is 0.0205 e. The largest absolute Gasteiger partial charge is 0.313 e. The van der Waals surface area contributed by atoms with Gasteiger partial charge in [-0.15, -0.1) is 0 Å². The third kappa shape index (κ3) is 4.99. The van der Waals surface area contributed by atoms with Gasteiger partial charge in [0, 0.05) is 6.54 Å². The number of hydrogen-bond donors (Lipinski definition) is 1. The molecule has 0 saturated heterocycles. The minimum atomic E-state index is 0.633. The van der Waals surface area contributed by atoms with Crippen molar-refractivity contribution in [3.8, 4) is 0 Å². The summed E-state index contributed by atoms with van der Waals surface area (Å²) in [5.74, 6) is 1.62. The first-order chi connectivity index (χ1) is 9.25. The summed E-state index contributed by atoms with van der Waals surface area (Å²) in [4.78, 5) is 0. The zero-order valence-electron chi connectivity index (χ0n) is 12.6. The van der Waals surface area contributed by atoms with Gasteiger partial charge in [-0.2, -0.15) is 0 Å². The van der Waals surface area contributed by atoms with Gasteiger partial charge in [-0.1, -0.05) is 70.2 Å². The quantitative estimate of drug-likeness (QED) is 0.719. The fourth-order valence-electron chi connectivity index (χ4n) is 3.04. The summed E-state index contributed by atoms with van der Waals surface area (Å²) in [5, 5.41) is 3.60. The highest BCUT2D eigenvalue weighted by molar-refractivity contribution is 5.24. The summed E-state index contributed by atoms with van der Waals surface area (Å²) in [7, 11) is 0. The van der Waals surface area contributed by atoms with Crippen molar-refractivity contribution < 1.29 is 0 Å². The fraction of sp³-hybridized carbons (Fsp3) is 0.667. The lowest BCUT2D eigenvalue weighted by atomic mass is 9.87. The van der Waals surface area contributed by atoms with Crippen LogP contribution in [0.2, 0.25) is 0 Å². The summed E-state index contributed by atoms with van der Waals surface area (Å²) in [6, 6.07) is 9.07. The van der Waals surface area contributed by atoms with Crippen molar-refractivity contribution in [2.24, 2.45) is 5.92 Å². The Kier molecular flexibility index (Phi) is 5.91. The summed E-state index contributed by atoms with van der Waals surface area (Å²) in [6.07, 6.45) is 8.67. The molecule has 0 atom stereocenters. The van der Waals surface area contributed by atoms with Crippen molar-refractivity contribution in [2.75, 3.05) is 6.54 Å². The SMILES string of the molecule is CC(C)c1ccc(CNCCC2CCCCC2)cc1. The smallest absolute Gasteiger partial charge is 0.0205 e. The molecule has 0 aliphatic heterocycles. The van der Waals surface area contributed by atoms with Crippen LogP contribution in [0.1, 0.15) is 69.4 Å². The van der Waals surface area contributed by atoms with E-state index >= 15 is 0 Å². The Morgan fingerprint density at radius 1 is 1.05 bits per heavy atom. The van der Waals surface area contributed by atoms with Crippen LogP contribution < -0.4 is 5.32 Å². The molecule has 19 heavy (non-hydrogen) atoms. The van der Waals surface area contributed by atoms with Gasteiger partial charge in [0.1, 0.15) is 0 Å². The zero-order chi connectivity index (χ0) is 13.5. The second kappa shape index (κ2) is 7.69. The van der Waals surface area contributed by atoms with E-state index in [-0.39, 0.29) is 0 Å².